The van der Waals surface area contributed by atoms with Crippen LogP contribution in [0, 0.1) is 6.92 Å². The van der Waals surface area contributed by atoms with Crippen LogP contribution < -0.4 is 10.6 Å². The van der Waals surface area contributed by atoms with E-state index in [-0.39, 0.29) is 11.8 Å². The minimum Gasteiger partial charge on any atom is -0.320 e. The summed E-state index contributed by atoms with van der Waals surface area (Å²) < 4.78 is 0.827. The van der Waals surface area contributed by atoms with Crippen LogP contribution in [0.5, 0.6) is 0 Å². The predicted octanol–water partition coefficient (Wildman–Crippen LogP) is 6.18. The van der Waals surface area contributed by atoms with Gasteiger partial charge >= 0.3 is 0 Å². The number of anilines is 2. The molecule has 0 radical (unpaired) electrons. The lowest BCUT2D eigenvalue weighted by Gasteiger charge is -2.14. The van der Waals surface area contributed by atoms with Crippen molar-refractivity contribution >= 4 is 55.8 Å². The number of carbonyl (C=O) groups is 2. The van der Waals surface area contributed by atoms with E-state index in [0.29, 0.717) is 21.4 Å². The maximum absolute atomic E-state index is 13.0. The van der Waals surface area contributed by atoms with Gasteiger partial charge in [0.25, 0.3) is 5.91 Å². The number of carbonyl (C=O) groups excluding carboxylic acids is 2. The number of fused-ring (bicyclic) bond motifs is 1. The van der Waals surface area contributed by atoms with Crippen molar-refractivity contribution in [1.29, 1.82) is 0 Å². The zero-order chi connectivity index (χ0) is 22.3. The third-order valence-corrected chi connectivity index (χ3v) is 7.09. The molecule has 1 aliphatic rings. The number of benzene rings is 3. The maximum Gasteiger partial charge on any atom is 0.255 e. The van der Waals surface area contributed by atoms with Crippen LogP contribution >= 0.6 is 22.9 Å². The lowest BCUT2D eigenvalue weighted by molar-refractivity contribution is -0.118. The smallest absolute Gasteiger partial charge is 0.255 e. The molecule has 2 amide bonds. The molecule has 5 rings (SSSR count). The van der Waals surface area contributed by atoms with Crippen LogP contribution in [0.1, 0.15) is 34.3 Å². The van der Waals surface area contributed by atoms with Crippen LogP contribution in [0.4, 0.5) is 10.8 Å². The van der Waals surface area contributed by atoms with E-state index in [4.69, 9.17) is 11.6 Å². The number of nitrogens with one attached hydrogen (secondary N) is 2. The molecule has 0 unspecified atom stereocenters. The van der Waals surface area contributed by atoms with Gasteiger partial charge in [-0.15, -0.1) is 0 Å². The van der Waals surface area contributed by atoms with Gasteiger partial charge in [-0.3, -0.25) is 9.59 Å². The molecule has 0 atom stereocenters. The summed E-state index contributed by atoms with van der Waals surface area (Å²) in [7, 11) is 0. The molecular formula is C25H20ClN3O2S. The quantitative estimate of drug-likeness (QED) is 0.372. The average Bonchev–Trinajstić information content (AvgIpc) is 3.51. The molecule has 160 valence electrons. The molecule has 2 N–H and O–H groups in total. The monoisotopic (exact) mass is 461 g/mol. The van der Waals surface area contributed by atoms with Crippen molar-refractivity contribution in [3.63, 3.8) is 0 Å². The van der Waals surface area contributed by atoms with Gasteiger partial charge in [0, 0.05) is 5.56 Å². The van der Waals surface area contributed by atoms with Crippen LogP contribution in [0.2, 0.25) is 5.02 Å². The number of thiazole rings is 1. The van der Waals surface area contributed by atoms with Gasteiger partial charge in [0.1, 0.15) is 0 Å². The number of halogens is 1. The largest absolute Gasteiger partial charge is 0.320 e. The van der Waals surface area contributed by atoms with E-state index in [1.807, 2.05) is 49.4 Å². The zero-order valence-electron chi connectivity index (χ0n) is 17.3. The van der Waals surface area contributed by atoms with Crippen molar-refractivity contribution in [3.05, 3.63) is 88.4 Å². The Labute approximate surface area is 194 Å². The highest BCUT2D eigenvalue weighted by molar-refractivity contribution is 7.22. The van der Waals surface area contributed by atoms with Crippen LogP contribution in [0.25, 0.3) is 10.2 Å². The summed E-state index contributed by atoms with van der Waals surface area (Å²) in [5.41, 5.74) is 3.31. The van der Waals surface area contributed by atoms with Gasteiger partial charge in [0.05, 0.1) is 26.3 Å². The number of nitrogens with zero attached hydrogens (tertiary/aromatic N) is 1. The van der Waals surface area contributed by atoms with Gasteiger partial charge in [-0.25, -0.2) is 4.98 Å². The molecule has 1 saturated carbocycles. The fraction of sp³-hybridized carbons (Fsp3) is 0.160. The summed E-state index contributed by atoms with van der Waals surface area (Å²) in [6, 6.07) is 20.6. The normalized spacial score (nSPS) is 14.2. The highest BCUT2D eigenvalue weighted by atomic mass is 35.5. The standard InChI is InChI=1S/C25H20ClN3O2S/c1-15-6-5-9-18(26)21(15)28-22(30)16-10-11-19-20(14-16)32-24(27-19)29-23(31)25(12-13-25)17-7-3-2-4-8-17/h2-11,14H,12-13H2,1H3,(H,28,30)(H,27,29,31). The van der Waals surface area contributed by atoms with Crippen molar-refractivity contribution in [3.8, 4) is 0 Å². The Hall–Kier alpha value is -3.22. The van der Waals surface area contributed by atoms with Gasteiger partial charge in [0.2, 0.25) is 5.91 Å². The molecule has 0 bridgehead atoms. The Morgan fingerprint density at radius 1 is 1.00 bits per heavy atom. The third kappa shape index (κ3) is 3.76. The van der Waals surface area contributed by atoms with Crippen LogP contribution in [0.3, 0.4) is 0 Å². The van der Waals surface area contributed by atoms with Crippen LogP contribution in [-0.4, -0.2) is 16.8 Å². The van der Waals surface area contributed by atoms with Crippen molar-refractivity contribution in [2.24, 2.45) is 0 Å². The average molecular weight is 462 g/mol. The summed E-state index contributed by atoms with van der Waals surface area (Å²) >= 11 is 7.59. The van der Waals surface area contributed by atoms with Crippen LogP contribution in [-0.2, 0) is 10.2 Å². The number of amides is 2. The second-order valence-electron chi connectivity index (χ2n) is 7.99. The summed E-state index contributed by atoms with van der Waals surface area (Å²) in [6.45, 7) is 1.89. The highest BCUT2D eigenvalue weighted by Crippen LogP contribution is 2.49. The van der Waals surface area contributed by atoms with E-state index in [9.17, 15) is 9.59 Å². The molecule has 32 heavy (non-hydrogen) atoms. The summed E-state index contributed by atoms with van der Waals surface area (Å²) in [4.78, 5) is 30.3. The van der Waals surface area contributed by atoms with Crippen molar-refractivity contribution in [2.45, 2.75) is 25.2 Å². The van der Waals surface area contributed by atoms with Crippen molar-refractivity contribution in [1.82, 2.24) is 4.98 Å². The second-order valence-corrected chi connectivity index (χ2v) is 9.43. The van der Waals surface area contributed by atoms with Crippen molar-refractivity contribution in [2.75, 3.05) is 10.6 Å². The molecule has 1 aliphatic carbocycles. The second kappa shape index (κ2) is 8.04. The van der Waals surface area contributed by atoms with Gasteiger partial charge in [-0.05, 0) is 55.2 Å². The molecular weight excluding hydrogens is 442 g/mol. The first kappa shape index (κ1) is 20.7. The minimum absolute atomic E-state index is 0.0325. The Morgan fingerprint density at radius 3 is 2.50 bits per heavy atom. The number of hydrogen-bond acceptors (Lipinski definition) is 4. The van der Waals surface area contributed by atoms with E-state index >= 15 is 0 Å². The molecule has 1 fully saturated rings. The first-order valence-electron chi connectivity index (χ1n) is 10.3. The Kier molecular flexibility index (Phi) is 5.19. The predicted molar refractivity (Wildman–Crippen MR) is 130 cm³/mol. The van der Waals surface area contributed by atoms with E-state index in [0.717, 1.165) is 34.2 Å². The SMILES string of the molecule is Cc1cccc(Cl)c1NC(=O)c1ccc2nc(NC(=O)C3(c4ccccc4)CC3)sc2c1. The molecule has 3 aromatic carbocycles. The molecule has 0 saturated heterocycles. The molecule has 4 aromatic rings. The minimum atomic E-state index is -0.461. The van der Waals surface area contributed by atoms with Crippen LogP contribution in [0.15, 0.2) is 66.7 Å². The number of aryl methyl sites for hydroxylation is 1. The third-order valence-electron chi connectivity index (χ3n) is 5.84. The van der Waals surface area contributed by atoms with Gasteiger partial charge in [-0.1, -0.05) is 65.4 Å². The lowest BCUT2D eigenvalue weighted by atomic mass is 9.95. The summed E-state index contributed by atoms with van der Waals surface area (Å²) in [6.07, 6.45) is 1.67. The number of hydrogen-bond donors (Lipinski definition) is 2. The number of aromatic nitrogens is 1. The van der Waals surface area contributed by atoms with E-state index in [1.165, 1.54) is 11.3 Å². The zero-order valence-corrected chi connectivity index (χ0v) is 18.9. The lowest BCUT2D eigenvalue weighted by Crippen LogP contribution is -2.27. The van der Waals surface area contributed by atoms with E-state index in [1.54, 1.807) is 24.3 Å². The number of para-hydroxylation sites is 1. The maximum atomic E-state index is 13.0. The topological polar surface area (TPSA) is 71.1 Å². The Bertz CT molecular complexity index is 1330. The van der Waals surface area contributed by atoms with Gasteiger partial charge in [-0.2, -0.15) is 0 Å². The van der Waals surface area contributed by atoms with E-state index < -0.39 is 5.41 Å². The molecule has 1 aromatic heterocycles. The Morgan fingerprint density at radius 2 is 1.78 bits per heavy atom. The van der Waals surface area contributed by atoms with Gasteiger partial charge < -0.3 is 10.6 Å². The fourth-order valence-electron chi connectivity index (χ4n) is 3.84. The van der Waals surface area contributed by atoms with E-state index in [2.05, 4.69) is 15.6 Å². The molecule has 0 aliphatic heterocycles. The first-order chi connectivity index (χ1) is 15.5. The molecule has 5 nitrogen and oxygen atoms in total. The Balaban J connectivity index is 1.35. The summed E-state index contributed by atoms with van der Waals surface area (Å²) in [5, 5.41) is 6.90. The highest BCUT2D eigenvalue weighted by Gasteiger charge is 2.51. The summed E-state index contributed by atoms with van der Waals surface area (Å²) in [5.74, 6) is -0.280. The first-order valence-corrected chi connectivity index (χ1v) is 11.5. The van der Waals surface area contributed by atoms with Crippen molar-refractivity contribution < 1.29 is 9.59 Å². The fourth-order valence-corrected chi connectivity index (χ4v) is 5.01. The molecule has 1 heterocycles. The molecule has 0 spiro atoms. The van der Waals surface area contributed by atoms with Gasteiger partial charge in [0.15, 0.2) is 5.13 Å². The molecule has 7 heteroatoms. The number of rotatable bonds is 5.